The standard InChI is InChI=1S/C13H25N3O2.ClH/c1-9(2)11(14)13(18)16-8-4-7-15-12(17)10-5-3-6-10;/h9-11H,3-8,14H2,1-2H3,(H,15,17)(H,16,18);1H/t11-;/m0./s1. The fourth-order valence-electron chi connectivity index (χ4n) is 1.75. The molecule has 2 amide bonds. The van der Waals surface area contributed by atoms with Gasteiger partial charge < -0.3 is 16.4 Å². The number of nitrogens with two attached hydrogens (primary N) is 1. The lowest BCUT2D eigenvalue weighted by Crippen LogP contribution is -2.44. The van der Waals surface area contributed by atoms with Crippen molar-refractivity contribution in [1.29, 1.82) is 0 Å². The van der Waals surface area contributed by atoms with Gasteiger partial charge in [0.25, 0.3) is 0 Å². The third kappa shape index (κ3) is 6.25. The van der Waals surface area contributed by atoms with Crippen LogP contribution in [0.15, 0.2) is 0 Å². The summed E-state index contributed by atoms with van der Waals surface area (Å²) in [6.07, 6.45) is 3.95. The average molecular weight is 292 g/mol. The zero-order valence-electron chi connectivity index (χ0n) is 11.8. The quantitative estimate of drug-likeness (QED) is 0.607. The molecule has 1 aliphatic rings. The van der Waals surface area contributed by atoms with E-state index in [0.717, 1.165) is 19.3 Å². The van der Waals surface area contributed by atoms with Crippen molar-refractivity contribution in [2.45, 2.75) is 45.6 Å². The van der Waals surface area contributed by atoms with Gasteiger partial charge in [0, 0.05) is 19.0 Å². The third-order valence-electron chi connectivity index (χ3n) is 3.45. The Morgan fingerprint density at radius 1 is 1.21 bits per heavy atom. The van der Waals surface area contributed by atoms with E-state index in [1.165, 1.54) is 6.42 Å². The lowest BCUT2D eigenvalue weighted by molar-refractivity contribution is -0.127. The van der Waals surface area contributed by atoms with E-state index >= 15 is 0 Å². The summed E-state index contributed by atoms with van der Waals surface area (Å²) < 4.78 is 0. The van der Waals surface area contributed by atoms with Crippen molar-refractivity contribution in [2.75, 3.05) is 13.1 Å². The molecule has 1 saturated carbocycles. The van der Waals surface area contributed by atoms with Gasteiger partial charge in [0.2, 0.25) is 11.8 Å². The van der Waals surface area contributed by atoms with E-state index in [2.05, 4.69) is 10.6 Å². The maximum absolute atomic E-state index is 11.5. The molecule has 0 spiro atoms. The van der Waals surface area contributed by atoms with Crippen molar-refractivity contribution in [3.05, 3.63) is 0 Å². The van der Waals surface area contributed by atoms with Gasteiger partial charge in [-0.05, 0) is 25.2 Å². The van der Waals surface area contributed by atoms with Crippen molar-refractivity contribution in [3.8, 4) is 0 Å². The molecule has 0 saturated heterocycles. The first-order valence-electron chi connectivity index (χ1n) is 6.83. The summed E-state index contributed by atoms with van der Waals surface area (Å²) in [5.74, 6) is 0.416. The normalized spacial score (nSPS) is 16.2. The molecule has 0 aromatic heterocycles. The van der Waals surface area contributed by atoms with Gasteiger partial charge >= 0.3 is 0 Å². The second kappa shape index (κ2) is 9.15. The molecule has 1 fully saturated rings. The largest absolute Gasteiger partial charge is 0.356 e. The van der Waals surface area contributed by atoms with E-state index in [1.807, 2.05) is 13.8 Å². The smallest absolute Gasteiger partial charge is 0.237 e. The second-order valence-corrected chi connectivity index (χ2v) is 5.33. The van der Waals surface area contributed by atoms with E-state index in [1.54, 1.807) is 0 Å². The molecule has 1 aliphatic carbocycles. The second-order valence-electron chi connectivity index (χ2n) is 5.33. The van der Waals surface area contributed by atoms with Gasteiger partial charge in [-0.2, -0.15) is 0 Å². The third-order valence-corrected chi connectivity index (χ3v) is 3.45. The minimum absolute atomic E-state index is 0. The van der Waals surface area contributed by atoms with Crippen LogP contribution in [0.5, 0.6) is 0 Å². The highest BCUT2D eigenvalue weighted by molar-refractivity contribution is 5.85. The van der Waals surface area contributed by atoms with Gasteiger partial charge in [0.15, 0.2) is 0 Å². The van der Waals surface area contributed by atoms with E-state index in [-0.39, 0.29) is 36.1 Å². The van der Waals surface area contributed by atoms with Crippen LogP contribution in [0.1, 0.15) is 39.5 Å². The van der Waals surface area contributed by atoms with Crippen molar-refractivity contribution < 1.29 is 9.59 Å². The molecule has 1 atom stereocenters. The lowest BCUT2D eigenvalue weighted by atomic mass is 9.85. The first-order valence-corrected chi connectivity index (χ1v) is 6.83. The van der Waals surface area contributed by atoms with E-state index in [4.69, 9.17) is 5.73 Å². The number of rotatable bonds is 7. The Morgan fingerprint density at radius 3 is 2.26 bits per heavy atom. The first-order chi connectivity index (χ1) is 8.52. The summed E-state index contributed by atoms with van der Waals surface area (Å²) in [6.45, 7) is 5.02. The molecule has 1 rings (SSSR count). The van der Waals surface area contributed by atoms with E-state index < -0.39 is 6.04 Å². The summed E-state index contributed by atoms with van der Waals surface area (Å²) in [7, 11) is 0. The van der Waals surface area contributed by atoms with Crippen LogP contribution in [0.2, 0.25) is 0 Å². The van der Waals surface area contributed by atoms with Gasteiger partial charge in [0.1, 0.15) is 0 Å². The molecule has 19 heavy (non-hydrogen) atoms. The Balaban J connectivity index is 0.00000324. The molecular weight excluding hydrogens is 266 g/mol. The number of nitrogens with one attached hydrogen (secondary N) is 2. The number of hydrogen-bond acceptors (Lipinski definition) is 3. The molecule has 0 bridgehead atoms. The minimum Gasteiger partial charge on any atom is -0.356 e. The summed E-state index contributed by atoms with van der Waals surface area (Å²) >= 11 is 0. The van der Waals surface area contributed by atoms with Crippen LogP contribution in [0, 0.1) is 11.8 Å². The van der Waals surface area contributed by atoms with Gasteiger partial charge in [-0.25, -0.2) is 0 Å². The molecule has 6 heteroatoms. The number of carbonyl (C=O) groups excluding carboxylic acids is 2. The maximum atomic E-state index is 11.5. The van der Waals surface area contributed by atoms with Crippen molar-refractivity contribution in [3.63, 3.8) is 0 Å². The highest BCUT2D eigenvalue weighted by atomic mass is 35.5. The van der Waals surface area contributed by atoms with E-state index in [9.17, 15) is 9.59 Å². The molecule has 0 aliphatic heterocycles. The van der Waals surface area contributed by atoms with Crippen molar-refractivity contribution in [1.82, 2.24) is 10.6 Å². The molecular formula is C13H26ClN3O2. The van der Waals surface area contributed by atoms with Crippen LogP contribution < -0.4 is 16.4 Å². The Bertz CT molecular complexity index is 294. The number of carbonyl (C=O) groups is 2. The monoisotopic (exact) mass is 291 g/mol. The Kier molecular flexibility index (Phi) is 8.76. The zero-order valence-corrected chi connectivity index (χ0v) is 12.6. The van der Waals surface area contributed by atoms with Crippen molar-refractivity contribution in [2.24, 2.45) is 17.6 Å². The number of amides is 2. The average Bonchev–Trinajstić information content (AvgIpc) is 2.24. The number of halogens is 1. The molecule has 4 N–H and O–H groups in total. The summed E-state index contributed by atoms with van der Waals surface area (Å²) in [6, 6.07) is -0.449. The van der Waals surface area contributed by atoms with Gasteiger partial charge in [-0.1, -0.05) is 20.3 Å². The Morgan fingerprint density at radius 2 is 1.79 bits per heavy atom. The zero-order chi connectivity index (χ0) is 13.5. The van der Waals surface area contributed by atoms with E-state index in [0.29, 0.717) is 13.1 Å². The first kappa shape index (κ1) is 18.2. The van der Waals surface area contributed by atoms with Crippen LogP contribution in [-0.2, 0) is 9.59 Å². The van der Waals surface area contributed by atoms with Crippen LogP contribution in [0.25, 0.3) is 0 Å². The fourth-order valence-corrected chi connectivity index (χ4v) is 1.75. The van der Waals surface area contributed by atoms with Crippen molar-refractivity contribution >= 4 is 24.2 Å². The van der Waals surface area contributed by atoms with Crippen LogP contribution in [-0.4, -0.2) is 30.9 Å². The molecule has 0 aromatic rings. The van der Waals surface area contributed by atoms with Crippen LogP contribution >= 0.6 is 12.4 Å². The fraction of sp³-hybridized carbons (Fsp3) is 0.846. The van der Waals surface area contributed by atoms with Crippen LogP contribution in [0.3, 0.4) is 0 Å². The predicted molar refractivity (Wildman–Crippen MR) is 78.0 cm³/mol. The van der Waals surface area contributed by atoms with Gasteiger partial charge in [-0.15, -0.1) is 12.4 Å². The molecule has 112 valence electrons. The predicted octanol–water partition coefficient (Wildman–Crippen LogP) is 0.814. The molecule has 5 nitrogen and oxygen atoms in total. The molecule has 0 unspecified atom stereocenters. The number of hydrogen-bond donors (Lipinski definition) is 3. The summed E-state index contributed by atoms with van der Waals surface area (Å²) in [5.41, 5.74) is 5.71. The summed E-state index contributed by atoms with van der Waals surface area (Å²) in [5, 5.41) is 5.67. The highest BCUT2D eigenvalue weighted by Crippen LogP contribution is 2.25. The van der Waals surface area contributed by atoms with Gasteiger partial charge in [0.05, 0.1) is 6.04 Å². The highest BCUT2D eigenvalue weighted by Gasteiger charge is 2.24. The lowest BCUT2D eigenvalue weighted by Gasteiger charge is -2.24. The summed E-state index contributed by atoms with van der Waals surface area (Å²) in [4.78, 5) is 23.0. The maximum Gasteiger partial charge on any atom is 0.237 e. The molecule has 0 heterocycles. The molecule has 0 aromatic carbocycles. The topological polar surface area (TPSA) is 84.2 Å². The van der Waals surface area contributed by atoms with Gasteiger partial charge in [-0.3, -0.25) is 9.59 Å². The molecule has 0 radical (unpaired) electrons. The Hall–Kier alpha value is -0.810. The minimum atomic E-state index is -0.449. The SMILES string of the molecule is CC(C)[C@H](N)C(=O)NCCCNC(=O)C1CCC1.Cl. The Labute approximate surface area is 121 Å². The van der Waals surface area contributed by atoms with Crippen LogP contribution in [0.4, 0.5) is 0 Å².